The van der Waals surface area contributed by atoms with E-state index in [1.807, 2.05) is 30.7 Å². The minimum atomic E-state index is -0.510. The number of halogens is 2. The molecule has 0 radical (unpaired) electrons. The number of rotatable bonds is 9. The zero-order chi connectivity index (χ0) is 30.2. The van der Waals surface area contributed by atoms with Gasteiger partial charge in [0.15, 0.2) is 5.69 Å². The van der Waals surface area contributed by atoms with Crippen LogP contribution in [0.5, 0.6) is 5.88 Å². The Hall–Kier alpha value is -5.36. The summed E-state index contributed by atoms with van der Waals surface area (Å²) in [5.41, 5.74) is 6.36. The van der Waals surface area contributed by atoms with E-state index in [1.54, 1.807) is 30.3 Å². The van der Waals surface area contributed by atoms with Gasteiger partial charge in [0, 0.05) is 35.9 Å². The van der Waals surface area contributed by atoms with Crippen molar-refractivity contribution in [1.29, 1.82) is 0 Å². The van der Waals surface area contributed by atoms with Gasteiger partial charge in [0.2, 0.25) is 5.88 Å². The lowest BCUT2D eigenvalue weighted by atomic mass is 10.1. The van der Waals surface area contributed by atoms with Crippen molar-refractivity contribution in [3.63, 3.8) is 0 Å². The zero-order valence-electron chi connectivity index (χ0n) is 24.0. The van der Waals surface area contributed by atoms with Gasteiger partial charge in [-0.25, -0.2) is 28.6 Å². The minimum absolute atomic E-state index is 0.0458. The Balaban J connectivity index is 1.13. The second-order valence-electron chi connectivity index (χ2n) is 11.1. The van der Waals surface area contributed by atoms with Crippen LogP contribution >= 0.6 is 0 Å². The number of fused-ring (bicyclic) bond motifs is 1. The molecule has 0 amide bonds. The molecule has 1 saturated carbocycles. The molecule has 0 spiro atoms. The standard InChI is InChI=1S/C35H28F2N6O/c1-22-6-13-32-33(14-22)42(19-28-18-39-21-43(28)27-11-12-27)34(40-32)16-23-7-8-24(15-29(23)36)31-4-3-5-35(41-31)44-20-25-9-10-26(38-2)17-30(25)37/h3-10,13-15,17-18,21,27H,11-12,16,19-20H2,1H3. The molecule has 7 nitrogen and oxygen atoms in total. The molecule has 44 heavy (non-hydrogen) atoms. The zero-order valence-corrected chi connectivity index (χ0v) is 24.0. The second kappa shape index (κ2) is 11.4. The highest BCUT2D eigenvalue weighted by molar-refractivity contribution is 5.77. The first-order chi connectivity index (χ1) is 21.4. The van der Waals surface area contributed by atoms with E-state index in [1.165, 1.54) is 18.2 Å². The van der Waals surface area contributed by atoms with Gasteiger partial charge in [-0.15, -0.1) is 0 Å². The molecule has 218 valence electrons. The van der Waals surface area contributed by atoms with E-state index in [9.17, 15) is 4.39 Å². The lowest BCUT2D eigenvalue weighted by molar-refractivity contribution is 0.288. The van der Waals surface area contributed by atoms with Crippen LogP contribution in [-0.2, 0) is 19.6 Å². The Morgan fingerprint density at radius 3 is 2.59 bits per heavy atom. The second-order valence-corrected chi connectivity index (χ2v) is 11.1. The Morgan fingerprint density at radius 2 is 1.80 bits per heavy atom. The van der Waals surface area contributed by atoms with Crippen LogP contribution in [0.25, 0.3) is 27.1 Å². The van der Waals surface area contributed by atoms with Crippen molar-refractivity contribution in [2.75, 3.05) is 0 Å². The van der Waals surface area contributed by atoms with Gasteiger partial charge in [0.25, 0.3) is 0 Å². The van der Waals surface area contributed by atoms with Gasteiger partial charge in [-0.2, -0.15) is 0 Å². The Bertz CT molecular complexity index is 2050. The first-order valence-corrected chi connectivity index (χ1v) is 14.5. The molecule has 7 rings (SSSR count). The monoisotopic (exact) mass is 586 g/mol. The number of benzene rings is 3. The first kappa shape index (κ1) is 27.5. The maximum Gasteiger partial charge on any atom is 0.214 e. The summed E-state index contributed by atoms with van der Waals surface area (Å²) in [7, 11) is 0. The molecular weight excluding hydrogens is 558 g/mol. The van der Waals surface area contributed by atoms with Crippen LogP contribution in [0.4, 0.5) is 14.5 Å². The van der Waals surface area contributed by atoms with Crippen LogP contribution in [0.2, 0.25) is 0 Å². The summed E-state index contributed by atoms with van der Waals surface area (Å²) in [5.74, 6) is 0.209. The van der Waals surface area contributed by atoms with Gasteiger partial charge in [0.05, 0.1) is 41.9 Å². The van der Waals surface area contributed by atoms with Gasteiger partial charge >= 0.3 is 0 Å². The number of ether oxygens (including phenoxy) is 1. The Kier molecular flexibility index (Phi) is 7.10. The summed E-state index contributed by atoms with van der Waals surface area (Å²) in [6, 6.07) is 21.2. The summed E-state index contributed by atoms with van der Waals surface area (Å²) >= 11 is 0. The van der Waals surface area contributed by atoms with Gasteiger partial charge in [0.1, 0.15) is 24.1 Å². The van der Waals surface area contributed by atoms with Gasteiger partial charge in [-0.1, -0.05) is 36.4 Å². The molecule has 1 aliphatic carbocycles. The van der Waals surface area contributed by atoms with Crippen LogP contribution < -0.4 is 4.74 Å². The van der Waals surface area contributed by atoms with Crippen LogP contribution in [0, 0.1) is 25.1 Å². The summed E-state index contributed by atoms with van der Waals surface area (Å²) < 4.78 is 40.0. The van der Waals surface area contributed by atoms with E-state index in [4.69, 9.17) is 16.3 Å². The number of aryl methyl sites for hydroxylation is 1. The van der Waals surface area contributed by atoms with E-state index < -0.39 is 5.82 Å². The summed E-state index contributed by atoms with van der Waals surface area (Å²) in [6.45, 7) is 9.64. The SMILES string of the molecule is [C-]#[N+]c1ccc(COc2cccc(-c3ccc(Cc4nc5ccc(C)cc5n4Cc4cncn4C4CC4)c(F)c3)n2)c(F)c1. The van der Waals surface area contributed by atoms with E-state index in [0.29, 0.717) is 41.4 Å². The summed E-state index contributed by atoms with van der Waals surface area (Å²) in [6.07, 6.45) is 6.46. The highest BCUT2D eigenvalue weighted by Gasteiger charge is 2.26. The normalized spacial score (nSPS) is 12.9. The number of imidazole rings is 2. The van der Waals surface area contributed by atoms with Crippen LogP contribution in [0.15, 0.2) is 85.3 Å². The largest absolute Gasteiger partial charge is 0.473 e. The number of hydrogen-bond donors (Lipinski definition) is 0. The molecule has 6 aromatic rings. The molecule has 9 heteroatoms. The maximum atomic E-state index is 15.6. The van der Waals surface area contributed by atoms with Crippen molar-refractivity contribution in [2.45, 2.75) is 45.4 Å². The summed E-state index contributed by atoms with van der Waals surface area (Å²) in [4.78, 5) is 17.1. The fraction of sp³-hybridized carbons (Fsp3) is 0.200. The van der Waals surface area contributed by atoms with Crippen LogP contribution in [0.1, 0.15) is 47.1 Å². The number of pyridine rings is 1. The fourth-order valence-electron chi connectivity index (χ4n) is 5.44. The van der Waals surface area contributed by atoms with Crippen molar-refractivity contribution in [3.8, 4) is 17.1 Å². The summed E-state index contributed by atoms with van der Waals surface area (Å²) in [5, 5.41) is 0. The number of hydrogen-bond acceptors (Lipinski definition) is 4. The Labute approximate surface area is 253 Å². The highest BCUT2D eigenvalue weighted by Crippen LogP contribution is 2.36. The number of aromatic nitrogens is 5. The topological polar surface area (TPSA) is 62.1 Å². The third-order valence-electron chi connectivity index (χ3n) is 7.95. The molecule has 0 aliphatic heterocycles. The fourth-order valence-corrected chi connectivity index (χ4v) is 5.44. The van der Waals surface area contributed by atoms with Crippen LogP contribution in [-0.4, -0.2) is 24.1 Å². The van der Waals surface area contributed by atoms with E-state index in [2.05, 4.69) is 36.9 Å². The lowest BCUT2D eigenvalue weighted by Gasteiger charge is -2.13. The van der Waals surface area contributed by atoms with Crippen molar-refractivity contribution in [2.24, 2.45) is 0 Å². The van der Waals surface area contributed by atoms with E-state index in [-0.39, 0.29) is 24.0 Å². The van der Waals surface area contributed by atoms with Gasteiger partial charge in [-0.05, 0) is 61.2 Å². The lowest BCUT2D eigenvalue weighted by Crippen LogP contribution is -2.10. The Morgan fingerprint density at radius 1 is 0.955 bits per heavy atom. The molecule has 0 saturated heterocycles. The average molecular weight is 587 g/mol. The van der Waals surface area contributed by atoms with Crippen molar-refractivity contribution < 1.29 is 13.5 Å². The van der Waals surface area contributed by atoms with E-state index >= 15 is 4.39 Å². The molecule has 1 fully saturated rings. The molecule has 0 bridgehead atoms. The van der Waals surface area contributed by atoms with Crippen LogP contribution in [0.3, 0.4) is 0 Å². The molecule has 0 unspecified atom stereocenters. The molecule has 0 atom stereocenters. The number of nitrogens with zero attached hydrogens (tertiary/aromatic N) is 6. The smallest absolute Gasteiger partial charge is 0.214 e. The van der Waals surface area contributed by atoms with Gasteiger partial charge < -0.3 is 13.9 Å². The predicted molar refractivity (Wildman–Crippen MR) is 164 cm³/mol. The average Bonchev–Trinajstić information content (AvgIpc) is 3.68. The molecular formula is C35H28F2N6O. The maximum absolute atomic E-state index is 15.6. The minimum Gasteiger partial charge on any atom is -0.473 e. The molecule has 1 aliphatic rings. The van der Waals surface area contributed by atoms with E-state index in [0.717, 1.165) is 41.0 Å². The predicted octanol–water partition coefficient (Wildman–Crippen LogP) is 7.99. The quantitative estimate of drug-likeness (QED) is 0.161. The molecule has 3 aromatic carbocycles. The highest BCUT2D eigenvalue weighted by atomic mass is 19.1. The molecule has 3 aromatic heterocycles. The molecule has 3 heterocycles. The van der Waals surface area contributed by atoms with Crippen molar-refractivity contribution in [3.05, 3.63) is 137 Å². The first-order valence-electron chi connectivity index (χ1n) is 14.5. The third kappa shape index (κ3) is 5.54. The van der Waals surface area contributed by atoms with Gasteiger partial charge in [-0.3, -0.25) is 0 Å². The van der Waals surface area contributed by atoms with Crippen molar-refractivity contribution in [1.82, 2.24) is 24.1 Å². The third-order valence-corrected chi connectivity index (χ3v) is 7.95. The van der Waals surface area contributed by atoms with Crippen molar-refractivity contribution >= 4 is 16.7 Å². The molecule has 0 N–H and O–H groups in total.